The van der Waals surface area contributed by atoms with E-state index in [2.05, 4.69) is 0 Å². The molecule has 0 amide bonds. The summed E-state index contributed by atoms with van der Waals surface area (Å²) in [6, 6.07) is 0.491. The molecule has 10 heavy (non-hydrogen) atoms. The predicted octanol–water partition coefficient (Wildman–Crippen LogP) is 0.759. The van der Waals surface area contributed by atoms with Crippen LogP contribution in [0.25, 0.3) is 0 Å². The molecule has 2 unspecified atom stereocenters. The zero-order valence-corrected chi connectivity index (χ0v) is 6.42. The van der Waals surface area contributed by atoms with Gasteiger partial charge in [0.1, 0.15) is 0 Å². The molecular weight excluding hydrogens is 126 g/mol. The van der Waals surface area contributed by atoms with Gasteiger partial charge in [0, 0.05) is 13.2 Å². The van der Waals surface area contributed by atoms with Crippen molar-refractivity contribution in [2.24, 2.45) is 17.6 Å². The minimum atomic E-state index is 0.491. The molecule has 58 valence electrons. The third-order valence-corrected chi connectivity index (χ3v) is 3.16. The molecule has 0 radical (unpaired) electrons. The van der Waals surface area contributed by atoms with E-state index in [1.54, 1.807) is 7.11 Å². The summed E-state index contributed by atoms with van der Waals surface area (Å²) in [4.78, 5) is 0. The molecule has 2 N–H and O–H groups in total. The Morgan fingerprint density at radius 1 is 1.30 bits per heavy atom. The van der Waals surface area contributed by atoms with Crippen molar-refractivity contribution in [2.45, 2.75) is 31.4 Å². The van der Waals surface area contributed by atoms with Gasteiger partial charge >= 0.3 is 0 Å². The molecule has 2 fully saturated rings. The van der Waals surface area contributed by atoms with Gasteiger partial charge in [-0.25, -0.2) is 0 Å². The van der Waals surface area contributed by atoms with Crippen molar-refractivity contribution >= 4 is 0 Å². The van der Waals surface area contributed by atoms with Crippen molar-refractivity contribution in [3.8, 4) is 0 Å². The van der Waals surface area contributed by atoms with E-state index in [0.29, 0.717) is 12.1 Å². The normalized spacial score (nSPS) is 52.2. The molecule has 0 aromatic heterocycles. The van der Waals surface area contributed by atoms with Crippen molar-refractivity contribution in [1.29, 1.82) is 0 Å². The Hall–Kier alpha value is -0.0800. The summed E-state index contributed by atoms with van der Waals surface area (Å²) >= 11 is 0. The lowest BCUT2D eigenvalue weighted by Crippen LogP contribution is -2.44. The SMILES string of the molecule is COC1C[C@H]2CC(N)[C@H]2C1. The maximum absolute atomic E-state index is 5.83. The molecule has 2 rings (SSSR count). The van der Waals surface area contributed by atoms with Gasteiger partial charge in [-0.1, -0.05) is 0 Å². The summed E-state index contributed by atoms with van der Waals surface area (Å²) in [6.45, 7) is 0. The minimum Gasteiger partial charge on any atom is -0.381 e. The average Bonchev–Trinajstić information content (AvgIpc) is 2.26. The van der Waals surface area contributed by atoms with Gasteiger partial charge in [0.15, 0.2) is 0 Å². The van der Waals surface area contributed by atoms with Crippen LogP contribution in [0.1, 0.15) is 19.3 Å². The summed E-state index contributed by atoms with van der Waals surface area (Å²) < 4.78 is 5.28. The van der Waals surface area contributed by atoms with E-state index < -0.39 is 0 Å². The van der Waals surface area contributed by atoms with E-state index in [9.17, 15) is 0 Å². The molecule has 0 aromatic rings. The van der Waals surface area contributed by atoms with Crippen LogP contribution < -0.4 is 5.73 Å². The first kappa shape index (κ1) is 6.62. The number of rotatable bonds is 1. The Morgan fingerprint density at radius 3 is 2.60 bits per heavy atom. The first-order valence-electron chi connectivity index (χ1n) is 4.09. The Kier molecular flexibility index (Phi) is 1.46. The van der Waals surface area contributed by atoms with Gasteiger partial charge in [0.2, 0.25) is 0 Å². The topological polar surface area (TPSA) is 35.2 Å². The van der Waals surface area contributed by atoms with E-state index in [-0.39, 0.29) is 0 Å². The monoisotopic (exact) mass is 141 g/mol. The summed E-state index contributed by atoms with van der Waals surface area (Å²) in [6.07, 6.45) is 4.23. The molecule has 2 aliphatic rings. The quantitative estimate of drug-likeness (QED) is 0.585. The third-order valence-electron chi connectivity index (χ3n) is 3.16. The molecule has 0 aromatic carbocycles. The van der Waals surface area contributed by atoms with E-state index >= 15 is 0 Å². The van der Waals surface area contributed by atoms with Crippen LogP contribution >= 0.6 is 0 Å². The minimum absolute atomic E-state index is 0.491. The van der Waals surface area contributed by atoms with Crippen LogP contribution in [0.2, 0.25) is 0 Å². The first-order chi connectivity index (χ1) is 4.81. The maximum atomic E-state index is 5.83. The van der Waals surface area contributed by atoms with Crippen molar-refractivity contribution in [3.05, 3.63) is 0 Å². The lowest BCUT2D eigenvalue weighted by atomic mass is 9.72. The van der Waals surface area contributed by atoms with Crippen LogP contribution in [-0.4, -0.2) is 19.3 Å². The van der Waals surface area contributed by atoms with Crippen molar-refractivity contribution in [1.82, 2.24) is 0 Å². The fourth-order valence-corrected chi connectivity index (χ4v) is 2.42. The Balaban J connectivity index is 1.93. The standard InChI is InChI=1S/C8H15NO/c1-10-6-2-5-3-8(9)7(5)4-6/h5-8H,2-4,9H2,1H3/t5-,6?,7-,8?/m0/s1. The summed E-state index contributed by atoms with van der Waals surface area (Å²) in [5, 5.41) is 0. The van der Waals surface area contributed by atoms with Crippen molar-refractivity contribution in [3.63, 3.8) is 0 Å². The molecule has 0 heterocycles. The van der Waals surface area contributed by atoms with E-state index in [1.165, 1.54) is 19.3 Å². The van der Waals surface area contributed by atoms with Gasteiger partial charge in [-0.15, -0.1) is 0 Å². The molecule has 0 bridgehead atoms. The zero-order valence-electron chi connectivity index (χ0n) is 6.42. The highest BCUT2D eigenvalue weighted by Crippen LogP contribution is 2.46. The average molecular weight is 141 g/mol. The molecule has 0 aliphatic heterocycles. The second-order valence-electron chi connectivity index (χ2n) is 3.65. The summed E-state index contributed by atoms with van der Waals surface area (Å²) in [7, 11) is 1.81. The van der Waals surface area contributed by atoms with Gasteiger partial charge in [0.25, 0.3) is 0 Å². The largest absolute Gasteiger partial charge is 0.381 e. The van der Waals surface area contributed by atoms with Gasteiger partial charge < -0.3 is 10.5 Å². The number of fused-ring (bicyclic) bond motifs is 1. The predicted molar refractivity (Wildman–Crippen MR) is 39.6 cm³/mol. The second kappa shape index (κ2) is 2.21. The van der Waals surface area contributed by atoms with Crippen LogP contribution in [0.3, 0.4) is 0 Å². The number of ether oxygens (including phenoxy) is 1. The van der Waals surface area contributed by atoms with Crippen LogP contribution in [0.15, 0.2) is 0 Å². The van der Waals surface area contributed by atoms with Crippen LogP contribution in [0.5, 0.6) is 0 Å². The second-order valence-corrected chi connectivity index (χ2v) is 3.65. The molecule has 0 saturated heterocycles. The maximum Gasteiger partial charge on any atom is 0.0577 e. The highest BCUT2D eigenvalue weighted by molar-refractivity contribution is 4.99. The van der Waals surface area contributed by atoms with Crippen LogP contribution in [-0.2, 0) is 4.74 Å². The van der Waals surface area contributed by atoms with E-state index in [0.717, 1.165) is 11.8 Å². The fourth-order valence-electron chi connectivity index (χ4n) is 2.42. The fraction of sp³-hybridized carbons (Fsp3) is 1.00. The molecule has 2 saturated carbocycles. The number of nitrogens with two attached hydrogens (primary N) is 1. The molecule has 2 heteroatoms. The molecule has 2 aliphatic carbocycles. The highest BCUT2D eigenvalue weighted by Gasteiger charge is 2.45. The van der Waals surface area contributed by atoms with Crippen molar-refractivity contribution < 1.29 is 4.74 Å². The van der Waals surface area contributed by atoms with Crippen LogP contribution in [0.4, 0.5) is 0 Å². The molecule has 2 nitrogen and oxygen atoms in total. The van der Waals surface area contributed by atoms with Gasteiger partial charge in [-0.2, -0.15) is 0 Å². The van der Waals surface area contributed by atoms with Gasteiger partial charge in [-0.3, -0.25) is 0 Å². The van der Waals surface area contributed by atoms with E-state index in [4.69, 9.17) is 10.5 Å². The zero-order chi connectivity index (χ0) is 7.14. The summed E-state index contributed by atoms with van der Waals surface area (Å²) in [5.74, 6) is 1.70. The highest BCUT2D eigenvalue weighted by atomic mass is 16.5. The number of hydrogen-bond acceptors (Lipinski definition) is 2. The Bertz CT molecular complexity index is 137. The smallest absolute Gasteiger partial charge is 0.0577 e. The Labute approximate surface area is 61.7 Å². The number of hydrogen-bond donors (Lipinski definition) is 1. The van der Waals surface area contributed by atoms with Gasteiger partial charge in [0.05, 0.1) is 6.10 Å². The van der Waals surface area contributed by atoms with Gasteiger partial charge in [-0.05, 0) is 31.1 Å². The summed E-state index contributed by atoms with van der Waals surface area (Å²) in [5.41, 5.74) is 5.83. The molecule has 4 atom stereocenters. The lowest BCUT2D eigenvalue weighted by Gasteiger charge is -2.37. The number of methoxy groups -OCH3 is 1. The van der Waals surface area contributed by atoms with E-state index in [1.807, 2.05) is 0 Å². The Morgan fingerprint density at radius 2 is 2.10 bits per heavy atom. The van der Waals surface area contributed by atoms with Crippen LogP contribution in [0, 0.1) is 11.8 Å². The lowest BCUT2D eigenvalue weighted by molar-refractivity contribution is 0.105. The first-order valence-corrected chi connectivity index (χ1v) is 4.09. The van der Waals surface area contributed by atoms with Crippen molar-refractivity contribution in [2.75, 3.05) is 7.11 Å². The molecule has 0 spiro atoms. The molecular formula is C8H15NO. The third kappa shape index (κ3) is 0.789.